The van der Waals surface area contributed by atoms with Crippen molar-refractivity contribution in [2.24, 2.45) is 10.9 Å². The first-order chi connectivity index (χ1) is 9.92. The second kappa shape index (κ2) is 6.28. The van der Waals surface area contributed by atoms with Crippen molar-refractivity contribution in [2.75, 3.05) is 0 Å². The van der Waals surface area contributed by atoms with E-state index in [2.05, 4.69) is 21.1 Å². The molecular formula is C13H8BrClF2N2O2. The molecule has 0 aliphatic rings. The normalized spacial score (nSPS) is 11.5. The summed E-state index contributed by atoms with van der Waals surface area (Å²) in [5.74, 6) is -2.54. The zero-order valence-corrected chi connectivity index (χ0v) is 12.6. The molecule has 0 unspecified atom stereocenters. The first-order valence-corrected chi connectivity index (χ1v) is 6.69. The fraction of sp³-hybridized carbons (Fsp3) is 0. The van der Waals surface area contributed by atoms with Crippen molar-refractivity contribution in [3.8, 4) is 11.5 Å². The summed E-state index contributed by atoms with van der Waals surface area (Å²) >= 11 is 9.01. The predicted molar refractivity (Wildman–Crippen MR) is 78.1 cm³/mol. The zero-order valence-electron chi connectivity index (χ0n) is 10.3. The predicted octanol–water partition coefficient (Wildman–Crippen LogP) is 4.27. The van der Waals surface area contributed by atoms with Gasteiger partial charge < -0.3 is 15.7 Å². The second-order valence-corrected chi connectivity index (χ2v) is 5.26. The van der Waals surface area contributed by atoms with Crippen LogP contribution in [0.2, 0.25) is 5.02 Å². The maximum Gasteiger partial charge on any atom is 0.201 e. The van der Waals surface area contributed by atoms with Crippen LogP contribution in [0.25, 0.3) is 0 Å². The SMILES string of the molecule is N/C(=N/O)c1ccc(Oc2cc(Br)cc(F)c2F)c(Cl)c1. The van der Waals surface area contributed by atoms with Crippen molar-refractivity contribution in [3.63, 3.8) is 0 Å². The van der Waals surface area contributed by atoms with Gasteiger partial charge in [0.2, 0.25) is 5.82 Å². The molecule has 0 saturated heterocycles. The van der Waals surface area contributed by atoms with Gasteiger partial charge in [-0.3, -0.25) is 0 Å². The smallest absolute Gasteiger partial charge is 0.201 e. The van der Waals surface area contributed by atoms with Crippen molar-refractivity contribution in [2.45, 2.75) is 0 Å². The standard InChI is InChI=1S/C13H8BrClF2N2O2/c14-7-4-9(16)12(17)11(5-7)21-10-2-1-6(3-8(10)15)13(18)19-20/h1-5,20H,(H2,18,19). The zero-order chi connectivity index (χ0) is 15.6. The van der Waals surface area contributed by atoms with Gasteiger partial charge in [-0.1, -0.05) is 32.7 Å². The van der Waals surface area contributed by atoms with Gasteiger partial charge in [-0.2, -0.15) is 4.39 Å². The van der Waals surface area contributed by atoms with Crippen molar-refractivity contribution < 1.29 is 18.7 Å². The van der Waals surface area contributed by atoms with E-state index in [0.29, 0.717) is 10.0 Å². The third-order valence-corrected chi connectivity index (χ3v) is 3.27. The molecule has 0 fully saturated rings. The molecule has 0 spiro atoms. The number of amidine groups is 1. The molecule has 21 heavy (non-hydrogen) atoms. The summed E-state index contributed by atoms with van der Waals surface area (Å²) in [7, 11) is 0. The van der Waals surface area contributed by atoms with Crippen LogP contribution < -0.4 is 10.5 Å². The summed E-state index contributed by atoms with van der Waals surface area (Å²) in [5, 5.41) is 11.5. The average Bonchev–Trinajstić information content (AvgIpc) is 2.45. The van der Waals surface area contributed by atoms with Crippen LogP contribution in [-0.4, -0.2) is 11.0 Å². The summed E-state index contributed by atoms with van der Waals surface area (Å²) in [4.78, 5) is 0. The summed E-state index contributed by atoms with van der Waals surface area (Å²) in [6, 6.07) is 6.48. The Hall–Kier alpha value is -1.86. The lowest BCUT2D eigenvalue weighted by molar-refractivity contribution is 0.318. The molecule has 2 aromatic rings. The highest BCUT2D eigenvalue weighted by molar-refractivity contribution is 9.10. The van der Waals surface area contributed by atoms with Crippen molar-refractivity contribution in [1.29, 1.82) is 0 Å². The van der Waals surface area contributed by atoms with E-state index >= 15 is 0 Å². The van der Waals surface area contributed by atoms with Crippen LogP contribution in [0.3, 0.4) is 0 Å². The third kappa shape index (κ3) is 3.43. The van der Waals surface area contributed by atoms with Crippen LogP contribution in [0.5, 0.6) is 11.5 Å². The van der Waals surface area contributed by atoms with E-state index in [1.54, 1.807) is 0 Å². The Kier molecular flexibility index (Phi) is 4.64. The van der Waals surface area contributed by atoms with Gasteiger partial charge in [0.05, 0.1) is 5.02 Å². The van der Waals surface area contributed by atoms with E-state index in [1.165, 1.54) is 24.3 Å². The Balaban J connectivity index is 2.37. The quantitative estimate of drug-likeness (QED) is 0.276. The maximum atomic E-state index is 13.6. The Labute approximate surface area is 131 Å². The topological polar surface area (TPSA) is 67.8 Å². The molecule has 0 radical (unpaired) electrons. The molecule has 0 saturated carbocycles. The van der Waals surface area contributed by atoms with Crippen LogP contribution in [0.15, 0.2) is 40.0 Å². The first-order valence-electron chi connectivity index (χ1n) is 5.52. The molecule has 0 heterocycles. The number of hydrogen-bond donors (Lipinski definition) is 2. The van der Waals surface area contributed by atoms with E-state index in [1.807, 2.05) is 0 Å². The van der Waals surface area contributed by atoms with Gasteiger partial charge in [-0.15, -0.1) is 0 Å². The highest BCUT2D eigenvalue weighted by Crippen LogP contribution is 2.33. The molecule has 0 aromatic heterocycles. The molecule has 0 amide bonds. The van der Waals surface area contributed by atoms with E-state index in [4.69, 9.17) is 27.3 Å². The summed E-state index contributed by atoms with van der Waals surface area (Å²) in [6.45, 7) is 0. The monoisotopic (exact) mass is 376 g/mol. The van der Waals surface area contributed by atoms with E-state index < -0.39 is 11.6 Å². The average molecular weight is 378 g/mol. The fourth-order valence-electron chi connectivity index (χ4n) is 1.53. The number of rotatable bonds is 3. The lowest BCUT2D eigenvalue weighted by Gasteiger charge is -2.10. The molecule has 4 nitrogen and oxygen atoms in total. The molecule has 0 atom stereocenters. The van der Waals surface area contributed by atoms with Gasteiger partial charge in [0, 0.05) is 10.0 Å². The van der Waals surface area contributed by atoms with E-state index in [-0.39, 0.29) is 22.4 Å². The number of hydrogen-bond acceptors (Lipinski definition) is 3. The highest BCUT2D eigenvalue weighted by Gasteiger charge is 2.14. The minimum atomic E-state index is -1.13. The second-order valence-electron chi connectivity index (χ2n) is 3.93. The van der Waals surface area contributed by atoms with Gasteiger partial charge in [-0.05, 0) is 30.3 Å². The molecule has 0 bridgehead atoms. The van der Waals surface area contributed by atoms with Crippen molar-refractivity contribution >= 4 is 33.4 Å². The van der Waals surface area contributed by atoms with Crippen molar-refractivity contribution in [3.05, 3.63) is 57.0 Å². The van der Waals surface area contributed by atoms with Crippen LogP contribution >= 0.6 is 27.5 Å². The van der Waals surface area contributed by atoms with Crippen LogP contribution in [0.1, 0.15) is 5.56 Å². The van der Waals surface area contributed by atoms with Crippen LogP contribution in [0.4, 0.5) is 8.78 Å². The van der Waals surface area contributed by atoms with Crippen LogP contribution in [-0.2, 0) is 0 Å². The Bertz CT molecular complexity index is 726. The van der Waals surface area contributed by atoms with Gasteiger partial charge in [-0.25, -0.2) is 4.39 Å². The van der Waals surface area contributed by atoms with E-state index in [0.717, 1.165) is 6.07 Å². The number of nitrogens with two attached hydrogens (primary N) is 1. The summed E-state index contributed by atoms with van der Waals surface area (Å²) in [5.41, 5.74) is 5.77. The summed E-state index contributed by atoms with van der Waals surface area (Å²) in [6.07, 6.45) is 0. The molecule has 2 aromatic carbocycles. The number of halogens is 4. The molecule has 0 aliphatic carbocycles. The number of nitrogens with zero attached hydrogens (tertiary/aromatic N) is 1. The Morgan fingerprint density at radius 3 is 2.57 bits per heavy atom. The van der Waals surface area contributed by atoms with Gasteiger partial charge in [0.1, 0.15) is 5.75 Å². The Morgan fingerprint density at radius 1 is 1.24 bits per heavy atom. The molecule has 2 rings (SSSR count). The van der Waals surface area contributed by atoms with Gasteiger partial charge in [0.15, 0.2) is 17.4 Å². The molecule has 3 N–H and O–H groups in total. The van der Waals surface area contributed by atoms with Gasteiger partial charge >= 0.3 is 0 Å². The molecular weight excluding hydrogens is 370 g/mol. The van der Waals surface area contributed by atoms with Gasteiger partial charge in [0.25, 0.3) is 0 Å². The fourth-order valence-corrected chi connectivity index (χ4v) is 2.15. The maximum absolute atomic E-state index is 13.6. The highest BCUT2D eigenvalue weighted by atomic mass is 79.9. The van der Waals surface area contributed by atoms with Crippen LogP contribution in [0, 0.1) is 11.6 Å². The molecule has 110 valence electrons. The molecule has 0 aliphatic heterocycles. The lowest BCUT2D eigenvalue weighted by atomic mass is 10.2. The molecule has 8 heteroatoms. The minimum Gasteiger partial charge on any atom is -0.453 e. The number of benzene rings is 2. The minimum absolute atomic E-state index is 0.0962. The van der Waals surface area contributed by atoms with Crippen molar-refractivity contribution in [1.82, 2.24) is 0 Å². The number of oxime groups is 1. The third-order valence-electron chi connectivity index (χ3n) is 2.51. The Morgan fingerprint density at radius 2 is 1.95 bits per heavy atom. The van der Waals surface area contributed by atoms with E-state index in [9.17, 15) is 8.78 Å². The summed E-state index contributed by atoms with van der Waals surface area (Å²) < 4.78 is 32.5. The number of ether oxygens (including phenoxy) is 1. The lowest BCUT2D eigenvalue weighted by Crippen LogP contribution is -2.12. The largest absolute Gasteiger partial charge is 0.453 e. The first kappa shape index (κ1) is 15.5.